The van der Waals surface area contributed by atoms with Gasteiger partial charge in [0.15, 0.2) is 0 Å². The molecule has 0 amide bonds. The molecule has 0 aliphatic heterocycles. The van der Waals surface area contributed by atoms with E-state index in [9.17, 15) is 5.11 Å². The van der Waals surface area contributed by atoms with Gasteiger partial charge in [0.1, 0.15) is 5.75 Å². The first-order valence-corrected chi connectivity index (χ1v) is 16.0. The molecule has 1 aromatic carbocycles. The van der Waals surface area contributed by atoms with E-state index < -0.39 is 0 Å². The van der Waals surface area contributed by atoms with E-state index in [-0.39, 0.29) is 6.10 Å². The molecule has 0 saturated heterocycles. The Labute approximate surface area is 223 Å². The summed E-state index contributed by atoms with van der Waals surface area (Å²) in [6, 6.07) is 8.92. The van der Waals surface area contributed by atoms with Crippen LogP contribution < -0.4 is 4.74 Å². The lowest BCUT2D eigenvalue weighted by Crippen LogP contribution is -2.30. The largest absolute Gasteiger partial charge is 0.493 e. The minimum absolute atomic E-state index is 0.200. The van der Waals surface area contributed by atoms with Crippen LogP contribution in [-0.4, -0.2) is 17.8 Å². The molecule has 3 aliphatic rings. The van der Waals surface area contributed by atoms with E-state index in [1.807, 2.05) is 0 Å². The number of hydrogen-bond donors (Lipinski definition) is 1. The quantitative estimate of drug-likeness (QED) is 0.292. The Hall–Kier alpha value is -1.02. The second-order valence-electron chi connectivity index (χ2n) is 13.0. The molecular weight excluding hydrogens is 440 g/mol. The number of aliphatic hydroxyl groups excluding tert-OH is 1. The van der Waals surface area contributed by atoms with Gasteiger partial charge in [-0.05, 0) is 117 Å². The summed E-state index contributed by atoms with van der Waals surface area (Å²) in [6.45, 7) is 5.35. The van der Waals surface area contributed by atoms with Gasteiger partial charge >= 0.3 is 0 Å². The highest BCUT2D eigenvalue weighted by Crippen LogP contribution is 2.42. The fourth-order valence-electron chi connectivity index (χ4n) is 7.77. The van der Waals surface area contributed by atoms with Crippen LogP contribution in [0.2, 0.25) is 0 Å². The molecule has 3 fully saturated rings. The molecule has 0 bridgehead atoms. The van der Waals surface area contributed by atoms with Gasteiger partial charge in [-0.1, -0.05) is 70.9 Å². The molecule has 3 aliphatic carbocycles. The van der Waals surface area contributed by atoms with Crippen molar-refractivity contribution in [2.45, 2.75) is 141 Å². The van der Waals surface area contributed by atoms with Crippen LogP contribution in [0.25, 0.3) is 0 Å². The van der Waals surface area contributed by atoms with E-state index >= 15 is 0 Å². The van der Waals surface area contributed by atoms with Crippen LogP contribution >= 0.6 is 0 Å². The number of hydrogen-bond acceptors (Lipinski definition) is 2. The van der Waals surface area contributed by atoms with E-state index in [0.29, 0.717) is 12.5 Å². The molecule has 2 nitrogen and oxygen atoms in total. The van der Waals surface area contributed by atoms with Crippen molar-refractivity contribution in [3.63, 3.8) is 0 Å². The summed E-state index contributed by atoms with van der Waals surface area (Å²) in [5.41, 5.74) is 1.50. The highest BCUT2D eigenvalue weighted by atomic mass is 16.5. The zero-order valence-corrected chi connectivity index (χ0v) is 23.6. The standard InChI is InChI=1S/C34H56O2/c1-3-4-5-6-7-27-10-14-29(15-11-27)31-20-22-33(23-21-31)36-25-24-34(35)32-18-16-30(17-19-32)28-12-8-26(2)9-13-28/h20-23,26-30,32,34-35H,3-19,24-25H2,1-2H3. The smallest absolute Gasteiger partial charge is 0.119 e. The van der Waals surface area contributed by atoms with E-state index in [4.69, 9.17) is 4.74 Å². The lowest BCUT2D eigenvalue weighted by molar-refractivity contribution is 0.0431. The number of benzene rings is 1. The predicted molar refractivity (Wildman–Crippen MR) is 153 cm³/mol. The molecule has 2 heteroatoms. The van der Waals surface area contributed by atoms with E-state index in [2.05, 4.69) is 38.1 Å². The maximum atomic E-state index is 10.8. The average Bonchev–Trinajstić information content (AvgIpc) is 2.92. The Morgan fingerprint density at radius 2 is 1.42 bits per heavy atom. The Balaban J connectivity index is 1.10. The minimum Gasteiger partial charge on any atom is -0.493 e. The van der Waals surface area contributed by atoms with Crippen molar-refractivity contribution in [2.75, 3.05) is 6.61 Å². The number of unbranched alkanes of at least 4 members (excludes halogenated alkanes) is 3. The number of ether oxygens (including phenoxy) is 1. The van der Waals surface area contributed by atoms with Gasteiger partial charge in [0.2, 0.25) is 0 Å². The molecule has 204 valence electrons. The van der Waals surface area contributed by atoms with Gasteiger partial charge in [0.25, 0.3) is 0 Å². The Morgan fingerprint density at radius 1 is 0.778 bits per heavy atom. The molecular formula is C34H56O2. The van der Waals surface area contributed by atoms with Gasteiger partial charge in [-0.25, -0.2) is 0 Å². The summed E-state index contributed by atoms with van der Waals surface area (Å²) >= 11 is 0. The summed E-state index contributed by atoms with van der Waals surface area (Å²) in [4.78, 5) is 0. The van der Waals surface area contributed by atoms with Crippen LogP contribution in [0, 0.1) is 29.6 Å². The first kappa shape index (κ1) is 28.0. The summed E-state index contributed by atoms with van der Waals surface area (Å²) in [7, 11) is 0. The molecule has 1 aromatic rings. The first-order valence-electron chi connectivity index (χ1n) is 16.0. The minimum atomic E-state index is -0.200. The third-order valence-electron chi connectivity index (χ3n) is 10.4. The number of rotatable bonds is 12. The van der Waals surface area contributed by atoms with E-state index in [1.54, 1.807) is 0 Å². The van der Waals surface area contributed by atoms with Crippen LogP contribution in [0.1, 0.15) is 141 Å². The zero-order chi connectivity index (χ0) is 25.2. The highest BCUT2D eigenvalue weighted by Gasteiger charge is 2.32. The molecule has 1 atom stereocenters. The van der Waals surface area contributed by atoms with Crippen LogP contribution in [0.4, 0.5) is 0 Å². The lowest BCUT2D eigenvalue weighted by Gasteiger charge is -2.38. The fourth-order valence-corrected chi connectivity index (χ4v) is 7.77. The van der Waals surface area contributed by atoms with Crippen molar-refractivity contribution >= 4 is 0 Å². The topological polar surface area (TPSA) is 29.5 Å². The molecule has 3 saturated carbocycles. The third kappa shape index (κ3) is 8.50. The summed E-state index contributed by atoms with van der Waals surface area (Å²) in [6.07, 6.45) is 24.0. The predicted octanol–water partition coefficient (Wildman–Crippen LogP) is 9.69. The normalized spacial score (nSPS) is 32.2. The summed E-state index contributed by atoms with van der Waals surface area (Å²) < 4.78 is 6.06. The second kappa shape index (κ2) is 14.8. The SMILES string of the molecule is CCCCCCC1CCC(c2ccc(OCCC(O)C3CCC(C4CCC(C)CC4)CC3)cc2)CC1. The maximum Gasteiger partial charge on any atom is 0.119 e. The van der Waals surface area contributed by atoms with Crippen molar-refractivity contribution in [3.8, 4) is 5.75 Å². The van der Waals surface area contributed by atoms with Crippen LogP contribution in [0.3, 0.4) is 0 Å². The lowest BCUT2D eigenvalue weighted by atomic mass is 9.68. The molecule has 1 unspecified atom stereocenters. The van der Waals surface area contributed by atoms with Crippen LogP contribution in [0.5, 0.6) is 5.75 Å². The number of aliphatic hydroxyl groups is 1. The van der Waals surface area contributed by atoms with Crippen molar-refractivity contribution < 1.29 is 9.84 Å². The molecule has 4 rings (SSSR count). The Kier molecular flexibility index (Phi) is 11.5. The average molecular weight is 497 g/mol. The maximum absolute atomic E-state index is 10.8. The van der Waals surface area contributed by atoms with Crippen molar-refractivity contribution in [1.29, 1.82) is 0 Å². The van der Waals surface area contributed by atoms with E-state index in [0.717, 1.165) is 41.8 Å². The van der Waals surface area contributed by atoms with Crippen LogP contribution in [0.15, 0.2) is 24.3 Å². The summed E-state index contributed by atoms with van der Waals surface area (Å²) in [5, 5.41) is 10.8. The molecule has 36 heavy (non-hydrogen) atoms. The fraction of sp³-hybridized carbons (Fsp3) is 0.824. The third-order valence-corrected chi connectivity index (χ3v) is 10.4. The first-order chi connectivity index (χ1) is 17.6. The van der Waals surface area contributed by atoms with Gasteiger partial charge in [-0.15, -0.1) is 0 Å². The molecule has 0 spiro atoms. The molecule has 0 heterocycles. The Bertz CT molecular complexity index is 703. The van der Waals surface area contributed by atoms with Gasteiger partial charge < -0.3 is 9.84 Å². The van der Waals surface area contributed by atoms with Crippen molar-refractivity contribution in [3.05, 3.63) is 29.8 Å². The second-order valence-corrected chi connectivity index (χ2v) is 13.0. The zero-order valence-electron chi connectivity index (χ0n) is 23.6. The van der Waals surface area contributed by atoms with Crippen molar-refractivity contribution in [1.82, 2.24) is 0 Å². The van der Waals surface area contributed by atoms with Gasteiger partial charge in [0.05, 0.1) is 12.7 Å². The monoisotopic (exact) mass is 496 g/mol. The van der Waals surface area contributed by atoms with Gasteiger partial charge in [-0.3, -0.25) is 0 Å². The van der Waals surface area contributed by atoms with Crippen molar-refractivity contribution in [2.24, 2.45) is 29.6 Å². The van der Waals surface area contributed by atoms with E-state index in [1.165, 1.54) is 115 Å². The molecule has 0 aromatic heterocycles. The highest BCUT2D eigenvalue weighted by molar-refractivity contribution is 5.29. The van der Waals surface area contributed by atoms with Gasteiger partial charge in [0, 0.05) is 6.42 Å². The summed E-state index contributed by atoms with van der Waals surface area (Å²) in [5.74, 6) is 5.99. The van der Waals surface area contributed by atoms with Crippen LogP contribution in [-0.2, 0) is 0 Å². The Morgan fingerprint density at radius 3 is 2.06 bits per heavy atom. The molecule has 1 N–H and O–H groups in total. The molecule has 0 radical (unpaired) electrons. The van der Waals surface area contributed by atoms with Gasteiger partial charge in [-0.2, -0.15) is 0 Å².